The Morgan fingerprint density at radius 2 is 1.90 bits per heavy atom. The Morgan fingerprint density at radius 1 is 1.14 bits per heavy atom. The Kier molecular flexibility index (Phi) is 9.42. The highest BCUT2D eigenvalue weighted by Gasteiger charge is 2.16. The standard InChI is InChI=1S/C24H38N4O/c1-6-7-8-9-12-24-26-22-18-21(11-10-15-25-29)13-14-23(22)28(24)17-16-27(19(2)3)20(4)5/h7-8,10,13-15,18-20,25,29H,6,9,11-12,16-17H2,1-5H3/b8-7?,15-10+. The highest BCUT2D eigenvalue weighted by molar-refractivity contribution is 5.77. The van der Waals surface area contributed by atoms with Crippen LogP contribution in [0.4, 0.5) is 0 Å². The topological polar surface area (TPSA) is 53.3 Å². The van der Waals surface area contributed by atoms with Crippen LogP contribution in [0.15, 0.2) is 42.6 Å². The fraction of sp³-hybridized carbons (Fsp3) is 0.542. The van der Waals surface area contributed by atoms with E-state index in [9.17, 15) is 0 Å². The summed E-state index contributed by atoms with van der Waals surface area (Å²) in [5.41, 5.74) is 5.51. The molecule has 2 N–H and O–H groups in total. The molecule has 0 aliphatic carbocycles. The number of hydrogen-bond acceptors (Lipinski definition) is 4. The Bertz CT molecular complexity index is 797. The van der Waals surface area contributed by atoms with Crippen LogP contribution in [-0.2, 0) is 19.4 Å². The Hall–Kier alpha value is -2.11. The third-order valence-corrected chi connectivity index (χ3v) is 5.28. The van der Waals surface area contributed by atoms with Gasteiger partial charge in [-0.25, -0.2) is 4.98 Å². The zero-order chi connectivity index (χ0) is 21.2. The number of aryl methyl sites for hydroxylation is 1. The van der Waals surface area contributed by atoms with Crippen molar-refractivity contribution in [1.29, 1.82) is 0 Å². The molecule has 0 fully saturated rings. The minimum atomic E-state index is 0.527. The van der Waals surface area contributed by atoms with Crippen molar-refractivity contribution in [2.75, 3.05) is 6.54 Å². The van der Waals surface area contributed by atoms with E-state index >= 15 is 0 Å². The molecule has 0 atom stereocenters. The second-order valence-electron chi connectivity index (χ2n) is 8.08. The van der Waals surface area contributed by atoms with Crippen LogP contribution in [0.1, 0.15) is 58.8 Å². The number of nitrogens with zero attached hydrogens (tertiary/aromatic N) is 3. The first kappa shape index (κ1) is 23.2. The van der Waals surface area contributed by atoms with E-state index in [2.05, 4.69) is 79.9 Å². The third-order valence-electron chi connectivity index (χ3n) is 5.28. The van der Waals surface area contributed by atoms with Crippen molar-refractivity contribution in [1.82, 2.24) is 19.9 Å². The van der Waals surface area contributed by atoms with E-state index in [0.29, 0.717) is 12.1 Å². The molecule has 0 bridgehead atoms. The highest BCUT2D eigenvalue weighted by atomic mass is 16.5. The smallest absolute Gasteiger partial charge is 0.110 e. The lowest BCUT2D eigenvalue weighted by atomic mass is 10.1. The van der Waals surface area contributed by atoms with Gasteiger partial charge in [-0.05, 0) is 64.7 Å². The average Bonchev–Trinajstić information content (AvgIpc) is 3.02. The predicted octanol–water partition coefficient (Wildman–Crippen LogP) is 5.09. The van der Waals surface area contributed by atoms with Crippen molar-refractivity contribution in [2.24, 2.45) is 0 Å². The molecule has 29 heavy (non-hydrogen) atoms. The molecular weight excluding hydrogens is 360 g/mol. The molecule has 160 valence electrons. The number of benzene rings is 1. The number of rotatable bonds is 12. The summed E-state index contributed by atoms with van der Waals surface area (Å²) in [7, 11) is 0. The molecule has 0 aliphatic rings. The molecule has 0 aliphatic heterocycles. The van der Waals surface area contributed by atoms with Crippen molar-refractivity contribution in [3.8, 4) is 0 Å². The summed E-state index contributed by atoms with van der Waals surface area (Å²) in [4.78, 5) is 7.52. The summed E-state index contributed by atoms with van der Waals surface area (Å²) in [6.07, 6.45) is 11.7. The molecule has 0 saturated heterocycles. The van der Waals surface area contributed by atoms with Gasteiger partial charge >= 0.3 is 0 Å². The zero-order valence-electron chi connectivity index (χ0n) is 18.7. The number of fused-ring (bicyclic) bond motifs is 1. The van der Waals surface area contributed by atoms with Crippen LogP contribution < -0.4 is 5.48 Å². The van der Waals surface area contributed by atoms with Crippen LogP contribution in [-0.4, -0.2) is 38.3 Å². The molecule has 0 unspecified atom stereocenters. The molecule has 5 nitrogen and oxygen atoms in total. The number of hydroxylamine groups is 1. The quantitative estimate of drug-likeness (QED) is 0.386. The van der Waals surface area contributed by atoms with E-state index in [-0.39, 0.29) is 0 Å². The lowest BCUT2D eigenvalue weighted by Gasteiger charge is -2.30. The number of nitrogens with one attached hydrogen (secondary N) is 1. The summed E-state index contributed by atoms with van der Waals surface area (Å²) < 4.78 is 2.40. The van der Waals surface area contributed by atoms with E-state index in [1.807, 2.05) is 6.08 Å². The van der Waals surface area contributed by atoms with Gasteiger partial charge in [0.05, 0.1) is 11.0 Å². The van der Waals surface area contributed by atoms with E-state index < -0.39 is 0 Å². The van der Waals surface area contributed by atoms with Gasteiger partial charge in [-0.1, -0.05) is 31.2 Å². The first-order valence-electron chi connectivity index (χ1n) is 10.9. The molecule has 1 aromatic heterocycles. The van der Waals surface area contributed by atoms with Gasteiger partial charge < -0.3 is 4.57 Å². The van der Waals surface area contributed by atoms with Gasteiger partial charge in [-0.3, -0.25) is 15.6 Å². The predicted molar refractivity (Wildman–Crippen MR) is 122 cm³/mol. The molecule has 1 aromatic carbocycles. The van der Waals surface area contributed by atoms with Crippen LogP contribution in [0.3, 0.4) is 0 Å². The molecule has 0 saturated carbocycles. The van der Waals surface area contributed by atoms with E-state index in [0.717, 1.165) is 50.1 Å². The molecule has 5 heteroatoms. The number of hydrogen-bond donors (Lipinski definition) is 2. The van der Waals surface area contributed by atoms with Crippen molar-refractivity contribution in [2.45, 2.75) is 78.9 Å². The maximum absolute atomic E-state index is 8.70. The monoisotopic (exact) mass is 398 g/mol. The molecule has 0 radical (unpaired) electrons. The summed E-state index contributed by atoms with van der Waals surface area (Å²) in [6.45, 7) is 13.2. The second kappa shape index (κ2) is 11.8. The van der Waals surface area contributed by atoms with Crippen LogP contribution in [0.25, 0.3) is 11.0 Å². The van der Waals surface area contributed by atoms with Crippen LogP contribution >= 0.6 is 0 Å². The van der Waals surface area contributed by atoms with Gasteiger partial charge in [0.15, 0.2) is 0 Å². The van der Waals surface area contributed by atoms with Crippen LogP contribution in [0.5, 0.6) is 0 Å². The molecule has 0 amide bonds. The highest BCUT2D eigenvalue weighted by Crippen LogP contribution is 2.20. The van der Waals surface area contributed by atoms with Crippen molar-refractivity contribution in [3.05, 3.63) is 54.0 Å². The largest absolute Gasteiger partial charge is 0.327 e. The molecule has 2 aromatic rings. The fourth-order valence-corrected chi connectivity index (χ4v) is 3.87. The minimum absolute atomic E-state index is 0.527. The van der Waals surface area contributed by atoms with Crippen molar-refractivity contribution < 1.29 is 5.21 Å². The normalized spacial score (nSPS) is 12.6. The Balaban J connectivity index is 2.29. The van der Waals surface area contributed by atoms with Gasteiger partial charge in [-0.2, -0.15) is 0 Å². The molecule has 0 spiro atoms. The lowest BCUT2D eigenvalue weighted by Crippen LogP contribution is -2.39. The number of imidazole rings is 1. The van der Waals surface area contributed by atoms with Crippen molar-refractivity contribution >= 4 is 11.0 Å². The maximum atomic E-state index is 8.70. The second-order valence-corrected chi connectivity index (χ2v) is 8.08. The lowest BCUT2D eigenvalue weighted by molar-refractivity contribution is 0.168. The third kappa shape index (κ3) is 6.72. The molecule has 2 rings (SSSR count). The molecule has 1 heterocycles. The Morgan fingerprint density at radius 3 is 2.55 bits per heavy atom. The maximum Gasteiger partial charge on any atom is 0.110 e. The summed E-state index contributed by atoms with van der Waals surface area (Å²) in [5.74, 6) is 1.16. The van der Waals surface area contributed by atoms with Crippen LogP contribution in [0, 0.1) is 0 Å². The molecular formula is C24H38N4O. The minimum Gasteiger partial charge on any atom is -0.327 e. The first-order valence-corrected chi connectivity index (χ1v) is 10.9. The van der Waals surface area contributed by atoms with E-state index in [1.54, 1.807) is 6.20 Å². The summed E-state index contributed by atoms with van der Waals surface area (Å²) in [6, 6.07) is 7.57. The zero-order valence-corrected chi connectivity index (χ0v) is 18.7. The average molecular weight is 399 g/mol. The first-order chi connectivity index (χ1) is 14.0. The van der Waals surface area contributed by atoms with Gasteiger partial charge in [0.25, 0.3) is 0 Å². The van der Waals surface area contributed by atoms with Crippen LogP contribution in [0.2, 0.25) is 0 Å². The van der Waals surface area contributed by atoms with Gasteiger partial charge in [0.1, 0.15) is 5.82 Å². The van der Waals surface area contributed by atoms with Gasteiger partial charge in [0.2, 0.25) is 0 Å². The van der Waals surface area contributed by atoms with Gasteiger partial charge in [0, 0.05) is 37.8 Å². The van der Waals surface area contributed by atoms with E-state index in [1.165, 1.54) is 11.1 Å². The fourth-order valence-electron chi connectivity index (χ4n) is 3.87. The number of aromatic nitrogens is 2. The summed E-state index contributed by atoms with van der Waals surface area (Å²) in [5, 5.41) is 8.70. The Labute approximate surface area is 176 Å². The SMILES string of the molecule is CCC=CCCc1nc2cc(C/C=C/NO)ccc2n1CCN(C(C)C)C(C)C. The van der Waals surface area contributed by atoms with E-state index in [4.69, 9.17) is 10.2 Å². The summed E-state index contributed by atoms with van der Waals surface area (Å²) >= 11 is 0. The van der Waals surface area contributed by atoms with Gasteiger partial charge in [-0.15, -0.1) is 0 Å². The number of allylic oxidation sites excluding steroid dienone is 3. The van der Waals surface area contributed by atoms with Crippen molar-refractivity contribution in [3.63, 3.8) is 0 Å².